The lowest BCUT2D eigenvalue weighted by Gasteiger charge is -2.12. The van der Waals surface area contributed by atoms with Crippen LogP contribution in [0.25, 0.3) is 0 Å². The normalized spacial score (nSPS) is 16.6. The van der Waals surface area contributed by atoms with Gasteiger partial charge in [-0.05, 0) is 48.0 Å². The van der Waals surface area contributed by atoms with Crippen LogP contribution in [0.2, 0.25) is 5.02 Å². The van der Waals surface area contributed by atoms with E-state index in [1.165, 1.54) is 12.1 Å². The van der Waals surface area contributed by atoms with Gasteiger partial charge in [-0.15, -0.1) is 0 Å². The van der Waals surface area contributed by atoms with E-state index in [1.54, 1.807) is 18.2 Å². The number of alkyl halides is 3. The van der Waals surface area contributed by atoms with Gasteiger partial charge in [0.2, 0.25) is 0 Å². The molecular weight excluding hydrogens is 331 g/mol. The van der Waals surface area contributed by atoms with Gasteiger partial charge in [-0.25, -0.2) is 0 Å². The van der Waals surface area contributed by atoms with Gasteiger partial charge in [-0.2, -0.15) is 13.2 Å². The topological polar surface area (TPSA) is 38.3 Å². The van der Waals surface area contributed by atoms with Crippen LogP contribution in [-0.4, -0.2) is 12.0 Å². The number of ether oxygens (including phenoxy) is 1. The number of anilines is 1. The summed E-state index contributed by atoms with van der Waals surface area (Å²) < 4.78 is 43.0. The van der Waals surface area contributed by atoms with Gasteiger partial charge in [0, 0.05) is 17.1 Å². The molecule has 0 aromatic heterocycles. The minimum atomic E-state index is -4.40. The second-order valence-electron chi connectivity index (χ2n) is 5.13. The Morgan fingerprint density at radius 1 is 1.17 bits per heavy atom. The van der Waals surface area contributed by atoms with Crippen molar-refractivity contribution in [3.8, 4) is 5.75 Å². The summed E-state index contributed by atoms with van der Waals surface area (Å²) in [5.74, 6) is 0.166. The molecule has 1 unspecified atom stereocenters. The Morgan fingerprint density at radius 2 is 1.87 bits per heavy atom. The van der Waals surface area contributed by atoms with Crippen LogP contribution >= 0.6 is 11.6 Å². The molecule has 0 bridgehead atoms. The van der Waals surface area contributed by atoms with Gasteiger partial charge in [0.15, 0.2) is 6.10 Å². The number of nitrogens with one attached hydrogen (secondary N) is 1. The third kappa shape index (κ3) is 3.42. The van der Waals surface area contributed by atoms with Gasteiger partial charge >= 0.3 is 6.18 Å². The van der Waals surface area contributed by atoms with Gasteiger partial charge in [-0.3, -0.25) is 4.79 Å². The first-order valence-corrected chi connectivity index (χ1v) is 7.14. The van der Waals surface area contributed by atoms with Crippen molar-refractivity contribution in [2.75, 3.05) is 5.32 Å². The number of hydrogen-bond donors (Lipinski definition) is 1. The molecule has 1 heterocycles. The Kier molecular flexibility index (Phi) is 3.93. The van der Waals surface area contributed by atoms with Gasteiger partial charge in [-0.1, -0.05) is 11.6 Å². The lowest BCUT2D eigenvalue weighted by atomic mass is 10.1. The first-order chi connectivity index (χ1) is 10.8. The fourth-order valence-electron chi connectivity index (χ4n) is 2.33. The van der Waals surface area contributed by atoms with Gasteiger partial charge in [0.25, 0.3) is 5.91 Å². The summed E-state index contributed by atoms with van der Waals surface area (Å²) in [5, 5.41) is 3.10. The highest BCUT2D eigenvalue weighted by molar-refractivity contribution is 6.30. The molecule has 1 aliphatic heterocycles. The lowest BCUT2D eigenvalue weighted by molar-refractivity contribution is -0.137. The van der Waals surface area contributed by atoms with E-state index in [0.717, 1.165) is 17.7 Å². The summed E-state index contributed by atoms with van der Waals surface area (Å²) in [4.78, 5) is 12.2. The molecule has 1 N–H and O–H groups in total. The van der Waals surface area contributed by atoms with Gasteiger partial charge < -0.3 is 10.1 Å². The van der Waals surface area contributed by atoms with Gasteiger partial charge in [0.1, 0.15) is 5.75 Å². The summed E-state index contributed by atoms with van der Waals surface area (Å²) >= 11 is 5.88. The van der Waals surface area contributed by atoms with Crippen LogP contribution in [0.15, 0.2) is 42.5 Å². The third-order valence-electron chi connectivity index (χ3n) is 3.47. The first kappa shape index (κ1) is 15.7. The molecule has 1 atom stereocenters. The van der Waals surface area contributed by atoms with E-state index in [1.807, 2.05) is 0 Å². The van der Waals surface area contributed by atoms with E-state index in [4.69, 9.17) is 16.3 Å². The highest BCUT2D eigenvalue weighted by Crippen LogP contribution is 2.32. The summed E-state index contributed by atoms with van der Waals surface area (Å²) in [6, 6.07) is 9.32. The minimum absolute atomic E-state index is 0.278. The number of carbonyl (C=O) groups excluding carboxylic acids is 1. The first-order valence-electron chi connectivity index (χ1n) is 6.76. The van der Waals surface area contributed by atoms with Crippen LogP contribution in [0, 0.1) is 0 Å². The van der Waals surface area contributed by atoms with Crippen LogP contribution in [0.3, 0.4) is 0 Å². The number of rotatable bonds is 2. The second kappa shape index (κ2) is 5.77. The summed E-state index contributed by atoms with van der Waals surface area (Å²) in [5.41, 5.74) is 0.334. The molecule has 0 fully saturated rings. The molecule has 2 aromatic rings. The second-order valence-corrected chi connectivity index (χ2v) is 5.56. The average molecular weight is 342 g/mol. The molecule has 1 amide bonds. The van der Waals surface area contributed by atoms with E-state index in [2.05, 4.69) is 5.32 Å². The molecule has 1 aliphatic rings. The SMILES string of the molecule is O=C(Nc1ccc(C(F)(F)F)cc1)C1Cc2cc(Cl)ccc2O1. The number of halogens is 4. The molecule has 0 radical (unpaired) electrons. The van der Waals surface area contributed by atoms with Crippen molar-refractivity contribution in [2.45, 2.75) is 18.7 Å². The Balaban J connectivity index is 1.67. The largest absolute Gasteiger partial charge is 0.480 e. The highest BCUT2D eigenvalue weighted by atomic mass is 35.5. The highest BCUT2D eigenvalue weighted by Gasteiger charge is 2.31. The van der Waals surface area contributed by atoms with Crippen LogP contribution in [0.4, 0.5) is 18.9 Å². The van der Waals surface area contributed by atoms with Crippen LogP contribution in [0.1, 0.15) is 11.1 Å². The van der Waals surface area contributed by atoms with Crippen molar-refractivity contribution in [3.05, 3.63) is 58.6 Å². The van der Waals surface area contributed by atoms with E-state index in [9.17, 15) is 18.0 Å². The molecule has 0 saturated heterocycles. The van der Waals surface area contributed by atoms with Crippen LogP contribution in [-0.2, 0) is 17.4 Å². The molecular formula is C16H11ClF3NO2. The van der Waals surface area contributed by atoms with E-state index in [-0.39, 0.29) is 5.69 Å². The van der Waals surface area contributed by atoms with E-state index in [0.29, 0.717) is 17.2 Å². The summed E-state index contributed by atoms with van der Waals surface area (Å²) in [7, 11) is 0. The number of benzene rings is 2. The molecule has 0 aliphatic carbocycles. The lowest BCUT2D eigenvalue weighted by Crippen LogP contribution is -2.31. The fraction of sp³-hybridized carbons (Fsp3) is 0.188. The van der Waals surface area contributed by atoms with E-state index < -0.39 is 23.8 Å². The monoisotopic (exact) mass is 341 g/mol. The smallest absolute Gasteiger partial charge is 0.416 e. The summed E-state index contributed by atoms with van der Waals surface area (Å²) in [6.45, 7) is 0. The zero-order chi connectivity index (χ0) is 16.6. The van der Waals surface area contributed by atoms with Crippen molar-refractivity contribution < 1.29 is 22.7 Å². The molecule has 3 nitrogen and oxygen atoms in total. The maximum Gasteiger partial charge on any atom is 0.416 e. The molecule has 0 saturated carbocycles. The molecule has 7 heteroatoms. The number of hydrogen-bond acceptors (Lipinski definition) is 2. The Bertz CT molecular complexity index is 744. The van der Waals surface area contributed by atoms with Crippen molar-refractivity contribution in [3.63, 3.8) is 0 Å². The number of fused-ring (bicyclic) bond motifs is 1. The Labute approximate surface area is 135 Å². The molecule has 23 heavy (non-hydrogen) atoms. The molecule has 0 spiro atoms. The van der Waals surface area contributed by atoms with Crippen molar-refractivity contribution >= 4 is 23.2 Å². The Morgan fingerprint density at radius 3 is 2.52 bits per heavy atom. The molecule has 2 aromatic carbocycles. The van der Waals surface area contributed by atoms with Gasteiger partial charge in [0.05, 0.1) is 5.56 Å². The number of amides is 1. The number of carbonyl (C=O) groups is 1. The minimum Gasteiger partial charge on any atom is -0.480 e. The van der Waals surface area contributed by atoms with Crippen molar-refractivity contribution in [1.29, 1.82) is 0 Å². The predicted octanol–water partition coefficient (Wildman–Crippen LogP) is 4.30. The zero-order valence-corrected chi connectivity index (χ0v) is 12.4. The van der Waals surface area contributed by atoms with Crippen LogP contribution in [0.5, 0.6) is 5.75 Å². The Hall–Kier alpha value is -2.21. The van der Waals surface area contributed by atoms with E-state index >= 15 is 0 Å². The third-order valence-corrected chi connectivity index (χ3v) is 3.70. The molecule has 120 valence electrons. The maximum absolute atomic E-state index is 12.5. The standard InChI is InChI=1S/C16H11ClF3NO2/c17-11-3-6-13-9(7-11)8-14(23-13)15(22)21-12-4-1-10(2-5-12)16(18,19)20/h1-7,14H,8H2,(H,21,22). The van der Waals surface area contributed by atoms with Crippen molar-refractivity contribution in [2.24, 2.45) is 0 Å². The predicted molar refractivity (Wildman–Crippen MR) is 79.6 cm³/mol. The van der Waals surface area contributed by atoms with Crippen molar-refractivity contribution in [1.82, 2.24) is 0 Å². The average Bonchev–Trinajstić information content (AvgIpc) is 2.90. The van der Waals surface area contributed by atoms with Crippen LogP contribution < -0.4 is 10.1 Å². The maximum atomic E-state index is 12.5. The fourth-order valence-corrected chi connectivity index (χ4v) is 2.52. The zero-order valence-electron chi connectivity index (χ0n) is 11.7. The quantitative estimate of drug-likeness (QED) is 0.884. The molecule has 3 rings (SSSR count). The summed E-state index contributed by atoms with van der Waals surface area (Å²) in [6.07, 6.45) is -4.77.